The number of anilines is 1. The molecule has 6 heteroatoms. The Morgan fingerprint density at radius 2 is 2.10 bits per heavy atom. The summed E-state index contributed by atoms with van der Waals surface area (Å²) in [5.41, 5.74) is 8.86. The van der Waals surface area contributed by atoms with Gasteiger partial charge in [0.15, 0.2) is 0 Å². The van der Waals surface area contributed by atoms with Crippen molar-refractivity contribution < 1.29 is 4.79 Å². The Hall–Kier alpha value is -2.63. The van der Waals surface area contributed by atoms with Crippen molar-refractivity contribution in [3.8, 4) is 0 Å². The maximum atomic E-state index is 11.9. The number of carbonyl (C=O) groups excluding carboxylic acids is 1. The number of nitrogens with zero attached hydrogens (tertiary/aromatic N) is 3. The third-order valence-corrected chi connectivity index (χ3v) is 3.54. The number of carbonyl (C=O) groups is 1. The lowest BCUT2D eigenvalue weighted by molar-refractivity contribution is -0.115. The number of nitrogens with two attached hydrogens (primary N) is 1. The Morgan fingerprint density at radius 1 is 1.35 bits per heavy atom. The van der Waals surface area contributed by atoms with Crippen LogP contribution in [0.25, 0.3) is 0 Å². The van der Waals surface area contributed by atoms with Gasteiger partial charge in [0, 0.05) is 5.70 Å². The minimum atomic E-state index is -0.454. The number of allylic oxidation sites excluding steroid dienone is 1. The fourth-order valence-electron chi connectivity index (χ4n) is 2.59. The van der Waals surface area contributed by atoms with Crippen LogP contribution in [-0.2, 0) is 4.79 Å². The number of amides is 1. The number of hydrogen-bond donors (Lipinski definition) is 2. The highest BCUT2D eigenvalue weighted by Crippen LogP contribution is 2.35. The van der Waals surface area contributed by atoms with E-state index in [0.29, 0.717) is 17.2 Å². The molecule has 6 nitrogen and oxygen atoms in total. The molecule has 1 aliphatic heterocycles. The van der Waals surface area contributed by atoms with Crippen LogP contribution in [0.4, 0.5) is 5.95 Å². The summed E-state index contributed by atoms with van der Waals surface area (Å²) in [6, 6.07) is 7.54. The molecule has 0 saturated heterocycles. The Balaban J connectivity index is 2.25. The average Bonchev–Trinajstić information content (AvgIpc) is 2.85. The minimum Gasteiger partial charge on any atom is -0.366 e. The van der Waals surface area contributed by atoms with Gasteiger partial charge < -0.3 is 11.1 Å². The Kier molecular flexibility index (Phi) is 2.78. The van der Waals surface area contributed by atoms with E-state index in [1.807, 2.05) is 38.1 Å². The number of rotatable bonds is 2. The van der Waals surface area contributed by atoms with Crippen LogP contribution < -0.4 is 11.1 Å². The molecule has 2 aromatic rings. The SMILES string of the molecule is CC1=C(C(N)=O)[C@@H](c2ccccc2C)n2ncnc2N1. The number of nitrogens with one attached hydrogen (secondary N) is 1. The quantitative estimate of drug-likeness (QED) is 0.862. The van der Waals surface area contributed by atoms with Gasteiger partial charge in [-0.1, -0.05) is 24.3 Å². The van der Waals surface area contributed by atoms with E-state index in [1.54, 1.807) is 4.68 Å². The highest BCUT2D eigenvalue weighted by molar-refractivity contribution is 5.95. The fraction of sp³-hybridized carbons (Fsp3) is 0.214. The molecule has 3 rings (SSSR count). The molecule has 20 heavy (non-hydrogen) atoms. The summed E-state index contributed by atoms with van der Waals surface area (Å²) in [6.07, 6.45) is 1.46. The molecule has 3 N–H and O–H groups in total. The summed E-state index contributed by atoms with van der Waals surface area (Å²) in [7, 11) is 0. The molecule has 0 spiro atoms. The van der Waals surface area contributed by atoms with Crippen molar-refractivity contribution in [1.29, 1.82) is 0 Å². The van der Waals surface area contributed by atoms with Gasteiger partial charge in [0.2, 0.25) is 11.9 Å². The van der Waals surface area contributed by atoms with Crippen molar-refractivity contribution in [2.75, 3.05) is 5.32 Å². The van der Waals surface area contributed by atoms with Crippen LogP contribution in [0.2, 0.25) is 0 Å². The number of benzene rings is 1. The first-order valence-corrected chi connectivity index (χ1v) is 6.32. The van der Waals surface area contributed by atoms with Crippen molar-refractivity contribution >= 4 is 11.9 Å². The molecule has 1 atom stereocenters. The molecule has 0 aliphatic carbocycles. The molecule has 0 unspecified atom stereocenters. The molecule has 2 heterocycles. The molecular formula is C14H15N5O. The van der Waals surface area contributed by atoms with E-state index < -0.39 is 5.91 Å². The Bertz CT molecular complexity index is 716. The van der Waals surface area contributed by atoms with E-state index in [0.717, 1.165) is 11.1 Å². The fourth-order valence-corrected chi connectivity index (χ4v) is 2.59. The predicted octanol–water partition coefficient (Wildman–Crippen LogP) is 1.36. The number of aryl methyl sites for hydroxylation is 1. The first-order chi connectivity index (χ1) is 9.59. The topological polar surface area (TPSA) is 85.8 Å². The summed E-state index contributed by atoms with van der Waals surface area (Å²) >= 11 is 0. The van der Waals surface area contributed by atoms with Crippen molar-refractivity contribution in [1.82, 2.24) is 14.8 Å². The first-order valence-electron chi connectivity index (χ1n) is 6.32. The van der Waals surface area contributed by atoms with E-state index in [9.17, 15) is 4.79 Å². The molecule has 0 saturated carbocycles. The monoisotopic (exact) mass is 269 g/mol. The summed E-state index contributed by atoms with van der Waals surface area (Å²) in [4.78, 5) is 16.0. The third kappa shape index (κ3) is 1.77. The molecule has 0 fully saturated rings. The molecular weight excluding hydrogens is 254 g/mol. The zero-order valence-electron chi connectivity index (χ0n) is 11.3. The standard InChI is InChI=1S/C14H15N5O/c1-8-5-3-4-6-10(8)12-11(13(15)20)9(2)18-14-16-7-17-19(12)14/h3-7,12H,1-2H3,(H2,15,20)(H,16,17,18)/t12-/m1/s1. The maximum Gasteiger partial charge on any atom is 0.248 e. The normalized spacial score (nSPS) is 17.6. The zero-order valence-corrected chi connectivity index (χ0v) is 11.3. The lowest BCUT2D eigenvalue weighted by Gasteiger charge is -2.28. The molecule has 0 radical (unpaired) electrons. The summed E-state index contributed by atoms with van der Waals surface area (Å²) in [5, 5.41) is 7.28. The van der Waals surface area contributed by atoms with Crippen LogP contribution in [0.3, 0.4) is 0 Å². The molecule has 1 aromatic heterocycles. The van der Waals surface area contributed by atoms with Crippen molar-refractivity contribution in [3.63, 3.8) is 0 Å². The zero-order chi connectivity index (χ0) is 14.3. The van der Waals surface area contributed by atoms with E-state index in [-0.39, 0.29) is 6.04 Å². The van der Waals surface area contributed by atoms with E-state index >= 15 is 0 Å². The van der Waals surface area contributed by atoms with Gasteiger partial charge in [0.1, 0.15) is 12.4 Å². The van der Waals surface area contributed by atoms with E-state index in [1.165, 1.54) is 6.33 Å². The lowest BCUT2D eigenvalue weighted by atomic mass is 9.92. The molecule has 102 valence electrons. The van der Waals surface area contributed by atoms with Gasteiger partial charge in [-0.2, -0.15) is 10.1 Å². The molecule has 0 bridgehead atoms. The molecule has 1 aliphatic rings. The largest absolute Gasteiger partial charge is 0.366 e. The second-order valence-electron chi connectivity index (χ2n) is 4.82. The maximum absolute atomic E-state index is 11.9. The third-order valence-electron chi connectivity index (χ3n) is 3.54. The van der Waals surface area contributed by atoms with Gasteiger partial charge in [0.25, 0.3) is 0 Å². The van der Waals surface area contributed by atoms with E-state index in [2.05, 4.69) is 15.4 Å². The van der Waals surface area contributed by atoms with Gasteiger partial charge in [-0.25, -0.2) is 4.68 Å². The van der Waals surface area contributed by atoms with E-state index in [4.69, 9.17) is 5.73 Å². The Morgan fingerprint density at radius 3 is 2.80 bits per heavy atom. The molecule has 1 amide bonds. The number of primary amides is 1. The second-order valence-corrected chi connectivity index (χ2v) is 4.82. The van der Waals surface area contributed by atoms with Crippen molar-refractivity contribution in [3.05, 3.63) is 53.0 Å². The first kappa shape index (κ1) is 12.4. The van der Waals surface area contributed by atoms with Crippen LogP contribution >= 0.6 is 0 Å². The lowest BCUT2D eigenvalue weighted by Crippen LogP contribution is -2.32. The van der Waals surface area contributed by atoms with Gasteiger partial charge in [-0.05, 0) is 25.0 Å². The van der Waals surface area contributed by atoms with Gasteiger partial charge in [0.05, 0.1) is 5.57 Å². The van der Waals surface area contributed by atoms with Crippen LogP contribution in [0.1, 0.15) is 24.1 Å². The summed E-state index contributed by atoms with van der Waals surface area (Å²) < 4.78 is 1.69. The number of hydrogen-bond acceptors (Lipinski definition) is 4. The predicted molar refractivity (Wildman–Crippen MR) is 74.9 cm³/mol. The number of aromatic nitrogens is 3. The number of fused-ring (bicyclic) bond motifs is 1. The summed E-state index contributed by atoms with van der Waals surface area (Å²) in [6.45, 7) is 3.82. The van der Waals surface area contributed by atoms with Crippen LogP contribution in [-0.4, -0.2) is 20.7 Å². The van der Waals surface area contributed by atoms with Gasteiger partial charge in [-0.3, -0.25) is 4.79 Å². The van der Waals surface area contributed by atoms with Crippen LogP contribution in [0, 0.1) is 6.92 Å². The summed E-state index contributed by atoms with van der Waals surface area (Å²) in [5.74, 6) is 0.158. The highest BCUT2D eigenvalue weighted by Gasteiger charge is 2.32. The Labute approximate surface area is 116 Å². The average molecular weight is 269 g/mol. The van der Waals surface area contributed by atoms with Crippen LogP contribution in [0.5, 0.6) is 0 Å². The van der Waals surface area contributed by atoms with Gasteiger partial charge >= 0.3 is 0 Å². The second kappa shape index (κ2) is 4.48. The smallest absolute Gasteiger partial charge is 0.248 e. The van der Waals surface area contributed by atoms with Crippen LogP contribution in [0.15, 0.2) is 41.9 Å². The molecule has 1 aromatic carbocycles. The highest BCUT2D eigenvalue weighted by atomic mass is 16.1. The van der Waals surface area contributed by atoms with Gasteiger partial charge in [-0.15, -0.1) is 0 Å². The van der Waals surface area contributed by atoms with Crippen molar-refractivity contribution in [2.24, 2.45) is 5.73 Å². The minimum absolute atomic E-state index is 0.340. The van der Waals surface area contributed by atoms with Crippen molar-refractivity contribution in [2.45, 2.75) is 19.9 Å².